The number of Topliss-reactive ketones (excluding diaryl/α,β-unsaturated/α-hetero) is 1. The SMILES string of the molecule is CCC1C(=O)C(CC)C(=O)N(CC)C1=O.CCc1c(C)c(CC)c(C)c(CC)c1C. The number of imide groups is 1. The average Bonchev–Trinajstić information content (AvgIpc) is 2.70. The quantitative estimate of drug-likeness (QED) is 0.468. The standard InChI is InChI=1S/C15H24.C11H17NO3/c1-7-13-10(4)14(8-2)12(6)15(9-3)11(13)5;1-4-7-9(13)8(5-2)11(15)12(6-3)10(7)14/h7-9H2,1-6H3;7-8H,4-6H2,1-3H3. The predicted octanol–water partition coefficient (Wildman–Crippen LogP) is 5.30. The highest BCUT2D eigenvalue weighted by atomic mass is 16.2. The van der Waals surface area contributed by atoms with Crippen molar-refractivity contribution in [2.75, 3.05) is 6.54 Å². The number of hydrogen-bond donors (Lipinski definition) is 0. The third-order valence-electron chi connectivity index (χ3n) is 6.72. The second-order valence-corrected chi connectivity index (χ2v) is 8.12. The van der Waals surface area contributed by atoms with Crippen LogP contribution in [0.4, 0.5) is 0 Å². The van der Waals surface area contributed by atoms with Gasteiger partial charge in [0, 0.05) is 6.54 Å². The van der Waals surface area contributed by atoms with Crippen LogP contribution in [-0.2, 0) is 33.6 Å². The van der Waals surface area contributed by atoms with Gasteiger partial charge in [0.1, 0.15) is 0 Å². The maximum absolute atomic E-state index is 11.8. The first-order chi connectivity index (χ1) is 14.2. The molecule has 0 aliphatic carbocycles. The molecule has 0 saturated carbocycles. The van der Waals surface area contributed by atoms with Crippen molar-refractivity contribution in [2.24, 2.45) is 11.8 Å². The van der Waals surface area contributed by atoms with E-state index < -0.39 is 11.8 Å². The molecule has 1 saturated heterocycles. The number of carbonyl (C=O) groups excluding carboxylic acids is 3. The van der Waals surface area contributed by atoms with Gasteiger partial charge < -0.3 is 0 Å². The molecule has 0 bridgehead atoms. The van der Waals surface area contributed by atoms with Crippen LogP contribution in [0.1, 0.15) is 87.8 Å². The lowest BCUT2D eigenvalue weighted by Crippen LogP contribution is -2.54. The molecule has 2 rings (SSSR count). The number of amides is 2. The summed E-state index contributed by atoms with van der Waals surface area (Å²) < 4.78 is 0. The Hall–Kier alpha value is -1.97. The highest BCUT2D eigenvalue weighted by molar-refractivity contribution is 6.19. The summed E-state index contributed by atoms with van der Waals surface area (Å²) in [7, 11) is 0. The fourth-order valence-corrected chi connectivity index (χ4v) is 5.02. The first kappa shape index (κ1) is 26.1. The number of hydrogen-bond acceptors (Lipinski definition) is 3. The zero-order valence-corrected chi connectivity index (χ0v) is 20.6. The van der Waals surface area contributed by atoms with E-state index in [0.717, 1.165) is 19.3 Å². The van der Waals surface area contributed by atoms with E-state index in [2.05, 4.69) is 41.5 Å². The maximum atomic E-state index is 11.8. The Morgan fingerprint density at radius 1 is 0.600 bits per heavy atom. The number of likely N-dealkylation sites (tertiary alicyclic amines) is 1. The lowest BCUT2D eigenvalue weighted by atomic mass is 9.83. The van der Waals surface area contributed by atoms with Crippen LogP contribution < -0.4 is 0 Å². The predicted molar refractivity (Wildman–Crippen MR) is 124 cm³/mol. The summed E-state index contributed by atoms with van der Waals surface area (Å²) in [6.45, 7) is 19.4. The molecule has 2 amide bonds. The highest BCUT2D eigenvalue weighted by Gasteiger charge is 2.44. The molecule has 1 aliphatic rings. The molecule has 1 heterocycles. The minimum atomic E-state index is -0.604. The third kappa shape index (κ3) is 4.84. The average molecular weight is 416 g/mol. The fourth-order valence-electron chi connectivity index (χ4n) is 5.02. The van der Waals surface area contributed by atoms with Crippen molar-refractivity contribution >= 4 is 17.6 Å². The molecule has 1 aromatic rings. The van der Waals surface area contributed by atoms with E-state index in [1.807, 2.05) is 0 Å². The Bertz CT molecular complexity index is 650. The van der Waals surface area contributed by atoms with Gasteiger partial charge in [0.05, 0.1) is 11.8 Å². The molecule has 0 aromatic heterocycles. The summed E-state index contributed by atoms with van der Waals surface area (Å²) in [6.07, 6.45) is 4.46. The number of benzene rings is 1. The molecule has 30 heavy (non-hydrogen) atoms. The van der Waals surface area contributed by atoms with E-state index >= 15 is 0 Å². The van der Waals surface area contributed by atoms with E-state index in [0.29, 0.717) is 19.4 Å². The van der Waals surface area contributed by atoms with Gasteiger partial charge in [-0.1, -0.05) is 34.6 Å². The highest BCUT2D eigenvalue weighted by Crippen LogP contribution is 2.28. The van der Waals surface area contributed by atoms with Crippen LogP contribution in [0.15, 0.2) is 0 Å². The van der Waals surface area contributed by atoms with Crippen molar-refractivity contribution in [3.05, 3.63) is 33.4 Å². The number of carbonyl (C=O) groups is 3. The first-order valence-electron chi connectivity index (χ1n) is 11.7. The molecular formula is C26H41NO3. The van der Waals surface area contributed by atoms with Crippen LogP contribution in [0.25, 0.3) is 0 Å². The van der Waals surface area contributed by atoms with Crippen LogP contribution in [0, 0.1) is 32.6 Å². The molecule has 4 nitrogen and oxygen atoms in total. The maximum Gasteiger partial charge on any atom is 0.239 e. The normalized spacial score (nSPS) is 19.1. The third-order valence-corrected chi connectivity index (χ3v) is 6.72. The van der Waals surface area contributed by atoms with Crippen LogP contribution in [0.2, 0.25) is 0 Å². The van der Waals surface area contributed by atoms with Gasteiger partial charge in [-0.15, -0.1) is 0 Å². The Morgan fingerprint density at radius 2 is 0.900 bits per heavy atom. The van der Waals surface area contributed by atoms with E-state index in [1.54, 1.807) is 37.5 Å². The van der Waals surface area contributed by atoms with E-state index in [4.69, 9.17) is 0 Å². The van der Waals surface area contributed by atoms with E-state index in [9.17, 15) is 14.4 Å². The zero-order chi connectivity index (χ0) is 23.2. The van der Waals surface area contributed by atoms with Gasteiger partial charge in [0.15, 0.2) is 5.78 Å². The minimum absolute atomic E-state index is 0.195. The molecule has 0 N–H and O–H groups in total. The smallest absolute Gasteiger partial charge is 0.239 e. The molecule has 0 radical (unpaired) electrons. The van der Waals surface area contributed by atoms with Gasteiger partial charge in [0.25, 0.3) is 0 Å². The van der Waals surface area contributed by atoms with Crippen LogP contribution in [0.5, 0.6) is 0 Å². The summed E-state index contributed by atoms with van der Waals surface area (Å²) in [5, 5.41) is 0. The van der Waals surface area contributed by atoms with Gasteiger partial charge in [-0.25, -0.2) is 0 Å². The lowest BCUT2D eigenvalue weighted by molar-refractivity contribution is -0.160. The zero-order valence-electron chi connectivity index (χ0n) is 20.6. The van der Waals surface area contributed by atoms with Crippen molar-refractivity contribution < 1.29 is 14.4 Å². The van der Waals surface area contributed by atoms with Crippen molar-refractivity contribution in [1.82, 2.24) is 4.90 Å². The Kier molecular flexibility index (Phi) is 9.93. The molecule has 1 aromatic carbocycles. The molecule has 2 atom stereocenters. The fraction of sp³-hybridized carbons (Fsp3) is 0.654. The van der Waals surface area contributed by atoms with Crippen LogP contribution in [-0.4, -0.2) is 29.0 Å². The molecule has 1 fully saturated rings. The molecular weight excluding hydrogens is 374 g/mol. The molecule has 2 unspecified atom stereocenters. The monoisotopic (exact) mass is 415 g/mol. The summed E-state index contributed by atoms with van der Waals surface area (Å²) >= 11 is 0. The number of nitrogens with zero attached hydrogens (tertiary/aromatic N) is 1. The number of ketones is 1. The molecule has 0 spiro atoms. The van der Waals surface area contributed by atoms with Crippen LogP contribution >= 0.6 is 0 Å². The minimum Gasteiger partial charge on any atom is -0.298 e. The molecule has 168 valence electrons. The second kappa shape index (κ2) is 11.4. The van der Waals surface area contributed by atoms with E-state index in [-0.39, 0.29) is 17.6 Å². The van der Waals surface area contributed by atoms with E-state index in [1.165, 1.54) is 21.6 Å². The summed E-state index contributed by atoms with van der Waals surface area (Å²) in [5.41, 5.74) is 9.34. The second-order valence-electron chi connectivity index (χ2n) is 8.12. The van der Waals surface area contributed by atoms with Crippen molar-refractivity contribution in [3.8, 4) is 0 Å². The summed E-state index contributed by atoms with van der Waals surface area (Å²) in [4.78, 5) is 36.5. The van der Waals surface area contributed by atoms with Gasteiger partial charge in [-0.3, -0.25) is 19.3 Å². The van der Waals surface area contributed by atoms with Gasteiger partial charge >= 0.3 is 0 Å². The van der Waals surface area contributed by atoms with Gasteiger partial charge in [-0.05, 0) is 93.2 Å². The summed E-state index contributed by atoms with van der Waals surface area (Å²) in [6, 6.07) is 0. The Morgan fingerprint density at radius 3 is 1.10 bits per heavy atom. The van der Waals surface area contributed by atoms with Crippen molar-refractivity contribution in [2.45, 2.75) is 94.4 Å². The van der Waals surface area contributed by atoms with Crippen LogP contribution in [0.3, 0.4) is 0 Å². The van der Waals surface area contributed by atoms with Gasteiger partial charge in [-0.2, -0.15) is 0 Å². The largest absolute Gasteiger partial charge is 0.298 e. The Balaban J connectivity index is 0.000000300. The molecule has 4 heteroatoms. The Labute approximate surface area is 183 Å². The number of piperidine rings is 1. The van der Waals surface area contributed by atoms with Crippen molar-refractivity contribution in [3.63, 3.8) is 0 Å². The van der Waals surface area contributed by atoms with Gasteiger partial charge in [0.2, 0.25) is 11.8 Å². The topological polar surface area (TPSA) is 54.5 Å². The summed E-state index contributed by atoms with van der Waals surface area (Å²) in [5.74, 6) is -2.04. The molecule has 1 aliphatic heterocycles. The number of rotatable bonds is 6. The lowest BCUT2D eigenvalue weighted by Gasteiger charge is -2.33. The van der Waals surface area contributed by atoms with Crippen molar-refractivity contribution in [1.29, 1.82) is 0 Å². The first-order valence-corrected chi connectivity index (χ1v) is 11.7.